The minimum Gasteiger partial charge on any atom is -0.294 e. The SMILES string of the molecule is CC/N=C(\C)C1(C)C(C)CCCC1C. The maximum Gasteiger partial charge on any atom is 0.0360 e. The normalized spacial score (nSPS) is 39.9. The van der Waals surface area contributed by atoms with Crippen LogP contribution in [0.4, 0.5) is 0 Å². The van der Waals surface area contributed by atoms with E-state index in [9.17, 15) is 0 Å². The van der Waals surface area contributed by atoms with E-state index in [1.54, 1.807) is 0 Å². The van der Waals surface area contributed by atoms with Gasteiger partial charge in [0.1, 0.15) is 0 Å². The van der Waals surface area contributed by atoms with Crippen molar-refractivity contribution in [2.24, 2.45) is 22.2 Å². The van der Waals surface area contributed by atoms with Gasteiger partial charge in [0.05, 0.1) is 0 Å². The van der Waals surface area contributed by atoms with Gasteiger partial charge in [0.25, 0.3) is 0 Å². The molecular weight excluding hydrogens is 170 g/mol. The van der Waals surface area contributed by atoms with Crippen LogP contribution < -0.4 is 0 Å². The van der Waals surface area contributed by atoms with Gasteiger partial charge < -0.3 is 0 Å². The Hall–Kier alpha value is -0.330. The van der Waals surface area contributed by atoms with Crippen LogP contribution in [0.25, 0.3) is 0 Å². The number of hydrogen-bond acceptors (Lipinski definition) is 1. The molecule has 0 aromatic carbocycles. The first-order valence-corrected chi connectivity index (χ1v) is 6.05. The lowest BCUT2D eigenvalue weighted by Crippen LogP contribution is -2.42. The zero-order valence-electron chi connectivity index (χ0n) is 10.4. The monoisotopic (exact) mass is 195 g/mol. The fourth-order valence-corrected chi connectivity index (χ4v) is 2.94. The zero-order valence-corrected chi connectivity index (χ0v) is 10.4. The molecule has 0 aromatic heterocycles. The molecule has 0 aromatic rings. The van der Waals surface area contributed by atoms with E-state index in [1.165, 1.54) is 25.0 Å². The standard InChI is InChI=1S/C13H25N/c1-6-14-12(4)13(5)10(2)8-7-9-11(13)3/h10-11H,6-9H2,1-5H3/b14-12+. The van der Waals surface area contributed by atoms with Crippen LogP contribution in [0.3, 0.4) is 0 Å². The summed E-state index contributed by atoms with van der Waals surface area (Å²) in [7, 11) is 0. The predicted molar refractivity (Wildman–Crippen MR) is 63.9 cm³/mol. The zero-order chi connectivity index (χ0) is 10.8. The molecule has 2 atom stereocenters. The smallest absolute Gasteiger partial charge is 0.0360 e. The Labute approximate surface area is 89.0 Å². The number of aliphatic imine (C=N–C) groups is 1. The highest BCUT2D eigenvalue weighted by molar-refractivity contribution is 5.88. The highest BCUT2D eigenvalue weighted by Crippen LogP contribution is 2.45. The van der Waals surface area contributed by atoms with E-state index >= 15 is 0 Å². The van der Waals surface area contributed by atoms with E-state index in [2.05, 4.69) is 39.6 Å². The van der Waals surface area contributed by atoms with E-state index < -0.39 is 0 Å². The van der Waals surface area contributed by atoms with Crippen molar-refractivity contribution in [3.8, 4) is 0 Å². The van der Waals surface area contributed by atoms with E-state index in [4.69, 9.17) is 0 Å². The van der Waals surface area contributed by atoms with E-state index in [0.29, 0.717) is 5.41 Å². The second-order valence-electron chi connectivity index (χ2n) is 5.08. The molecular formula is C13H25N. The van der Waals surface area contributed by atoms with Crippen LogP contribution in [-0.2, 0) is 0 Å². The molecule has 1 rings (SSSR count). The Morgan fingerprint density at radius 1 is 1.29 bits per heavy atom. The van der Waals surface area contributed by atoms with Crippen molar-refractivity contribution in [1.29, 1.82) is 0 Å². The highest BCUT2D eigenvalue weighted by Gasteiger charge is 2.41. The van der Waals surface area contributed by atoms with E-state index in [0.717, 1.165) is 18.4 Å². The summed E-state index contributed by atoms with van der Waals surface area (Å²) in [5.41, 5.74) is 1.73. The maximum absolute atomic E-state index is 4.64. The molecule has 1 saturated carbocycles. The van der Waals surface area contributed by atoms with Gasteiger partial charge in [0.15, 0.2) is 0 Å². The molecule has 1 aliphatic carbocycles. The number of hydrogen-bond donors (Lipinski definition) is 0. The Kier molecular flexibility index (Phi) is 3.74. The lowest BCUT2D eigenvalue weighted by Gasteiger charge is -2.45. The van der Waals surface area contributed by atoms with Crippen LogP contribution in [-0.4, -0.2) is 12.3 Å². The third kappa shape index (κ3) is 1.87. The Morgan fingerprint density at radius 3 is 2.21 bits per heavy atom. The van der Waals surface area contributed by atoms with Crippen LogP contribution >= 0.6 is 0 Å². The summed E-state index contributed by atoms with van der Waals surface area (Å²) >= 11 is 0. The fourth-order valence-electron chi connectivity index (χ4n) is 2.94. The van der Waals surface area contributed by atoms with Gasteiger partial charge in [-0.3, -0.25) is 4.99 Å². The van der Waals surface area contributed by atoms with Crippen LogP contribution in [0.15, 0.2) is 4.99 Å². The van der Waals surface area contributed by atoms with Gasteiger partial charge in [-0.2, -0.15) is 0 Å². The average molecular weight is 195 g/mol. The molecule has 0 aliphatic heterocycles. The Bertz CT molecular complexity index is 207. The van der Waals surface area contributed by atoms with Crippen molar-refractivity contribution < 1.29 is 0 Å². The molecule has 1 nitrogen and oxygen atoms in total. The van der Waals surface area contributed by atoms with Crippen LogP contribution in [0.1, 0.15) is 53.9 Å². The summed E-state index contributed by atoms with van der Waals surface area (Å²) in [6, 6.07) is 0. The van der Waals surface area contributed by atoms with Crippen LogP contribution in [0.5, 0.6) is 0 Å². The molecule has 1 heteroatoms. The van der Waals surface area contributed by atoms with E-state index in [1.807, 2.05) is 0 Å². The predicted octanol–water partition coefficient (Wildman–Crippen LogP) is 3.93. The number of rotatable bonds is 2. The molecule has 1 fully saturated rings. The van der Waals surface area contributed by atoms with Crippen molar-refractivity contribution in [2.75, 3.05) is 6.54 Å². The van der Waals surface area contributed by atoms with Gasteiger partial charge in [-0.05, 0) is 38.5 Å². The minimum atomic E-state index is 0.355. The van der Waals surface area contributed by atoms with Crippen molar-refractivity contribution in [1.82, 2.24) is 0 Å². The molecule has 0 spiro atoms. The van der Waals surface area contributed by atoms with Crippen LogP contribution in [0.2, 0.25) is 0 Å². The first kappa shape index (κ1) is 11.7. The molecule has 1 aliphatic rings. The summed E-state index contributed by atoms with van der Waals surface area (Å²) in [5.74, 6) is 1.59. The van der Waals surface area contributed by atoms with Gasteiger partial charge >= 0.3 is 0 Å². The molecule has 0 heterocycles. The first-order chi connectivity index (χ1) is 6.53. The maximum atomic E-state index is 4.64. The highest BCUT2D eigenvalue weighted by atomic mass is 14.7. The lowest BCUT2D eigenvalue weighted by atomic mass is 9.60. The van der Waals surface area contributed by atoms with E-state index in [-0.39, 0.29) is 0 Å². The lowest BCUT2D eigenvalue weighted by molar-refractivity contribution is 0.135. The quantitative estimate of drug-likeness (QED) is 0.592. The Morgan fingerprint density at radius 2 is 1.79 bits per heavy atom. The number of nitrogens with zero attached hydrogens (tertiary/aromatic N) is 1. The minimum absolute atomic E-state index is 0.355. The topological polar surface area (TPSA) is 12.4 Å². The van der Waals surface area contributed by atoms with Crippen molar-refractivity contribution >= 4 is 5.71 Å². The van der Waals surface area contributed by atoms with Gasteiger partial charge in [-0.15, -0.1) is 0 Å². The first-order valence-electron chi connectivity index (χ1n) is 6.05. The van der Waals surface area contributed by atoms with Gasteiger partial charge in [0, 0.05) is 17.7 Å². The molecule has 0 N–H and O–H groups in total. The summed E-state index contributed by atoms with van der Waals surface area (Å²) in [5, 5.41) is 0. The van der Waals surface area contributed by atoms with Gasteiger partial charge in [0.2, 0.25) is 0 Å². The molecule has 0 saturated heterocycles. The third-order valence-corrected chi connectivity index (χ3v) is 4.50. The summed E-state index contributed by atoms with van der Waals surface area (Å²) in [6.45, 7) is 12.5. The second kappa shape index (κ2) is 4.46. The Balaban J connectivity index is 2.92. The van der Waals surface area contributed by atoms with Gasteiger partial charge in [-0.25, -0.2) is 0 Å². The summed E-state index contributed by atoms with van der Waals surface area (Å²) in [4.78, 5) is 4.64. The van der Waals surface area contributed by atoms with Crippen LogP contribution in [0, 0.1) is 17.3 Å². The molecule has 0 amide bonds. The largest absolute Gasteiger partial charge is 0.294 e. The molecule has 0 radical (unpaired) electrons. The molecule has 82 valence electrons. The average Bonchev–Trinajstić information content (AvgIpc) is 2.14. The summed E-state index contributed by atoms with van der Waals surface area (Å²) < 4.78 is 0. The second-order valence-corrected chi connectivity index (χ2v) is 5.08. The van der Waals surface area contributed by atoms with Crippen molar-refractivity contribution in [3.63, 3.8) is 0 Å². The molecule has 14 heavy (non-hydrogen) atoms. The van der Waals surface area contributed by atoms with Crippen molar-refractivity contribution in [2.45, 2.75) is 53.9 Å². The van der Waals surface area contributed by atoms with Crippen molar-refractivity contribution in [3.05, 3.63) is 0 Å². The molecule has 0 bridgehead atoms. The molecule has 2 unspecified atom stereocenters. The van der Waals surface area contributed by atoms with Gasteiger partial charge in [-0.1, -0.05) is 27.2 Å². The third-order valence-electron chi connectivity index (χ3n) is 4.50. The summed E-state index contributed by atoms with van der Waals surface area (Å²) in [6.07, 6.45) is 4.14. The fraction of sp³-hybridized carbons (Fsp3) is 0.923.